The molecular formula is C31H39N3O4S2. The van der Waals surface area contributed by atoms with Gasteiger partial charge in [0.15, 0.2) is 0 Å². The zero-order valence-corrected chi connectivity index (χ0v) is 25.3. The summed E-state index contributed by atoms with van der Waals surface area (Å²) in [4.78, 5) is 16.7. The van der Waals surface area contributed by atoms with Crippen molar-refractivity contribution in [3.63, 3.8) is 0 Å². The minimum atomic E-state index is -4.00. The molecule has 1 saturated heterocycles. The molecule has 1 unspecified atom stereocenters. The van der Waals surface area contributed by atoms with Crippen LogP contribution in [0.1, 0.15) is 45.2 Å². The second-order valence-corrected chi connectivity index (χ2v) is 12.9. The largest absolute Gasteiger partial charge is 0.494 e. The van der Waals surface area contributed by atoms with Gasteiger partial charge < -0.3 is 15.0 Å². The molecule has 0 spiro atoms. The van der Waals surface area contributed by atoms with Crippen LogP contribution in [0.3, 0.4) is 0 Å². The second kappa shape index (κ2) is 13.5. The van der Waals surface area contributed by atoms with Crippen LogP contribution in [-0.4, -0.2) is 46.8 Å². The van der Waals surface area contributed by atoms with Crippen LogP contribution >= 0.6 is 11.8 Å². The number of rotatable bonds is 11. The van der Waals surface area contributed by atoms with E-state index in [2.05, 4.69) is 29.3 Å². The van der Waals surface area contributed by atoms with E-state index in [4.69, 9.17) is 4.74 Å². The van der Waals surface area contributed by atoms with E-state index in [1.165, 1.54) is 30.3 Å². The van der Waals surface area contributed by atoms with Gasteiger partial charge in [0, 0.05) is 23.7 Å². The third-order valence-electron chi connectivity index (χ3n) is 7.29. The van der Waals surface area contributed by atoms with Crippen LogP contribution in [0.2, 0.25) is 0 Å². The fourth-order valence-electron chi connectivity index (χ4n) is 4.81. The minimum absolute atomic E-state index is 0.128. The number of thioether (sulfide) groups is 1. The summed E-state index contributed by atoms with van der Waals surface area (Å²) in [5.74, 6) is 1.01. The second-order valence-electron chi connectivity index (χ2n) is 10.2. The SMILES string of the molecule is CCOc1ccc(N(CC(=O)NC(C)c2ccc(N3CCC(C)CC3)cc2)S(=O)(=O)c2ccc(SC)cc2)cc1. The summed E-state index contributed by atoms with van der Waals surface area (Å²) in [6.07, 6.45) is 4.33. The average Bonchev–Trinajstić information content (AvgIpc) is 2.97. The number of sulfonamides is 1. The first-order chi connectivity index (χ1) is 19.2. The third kappa shape index (κ3) is 7.31. The van der Waals surface area contributed by atoms with Crippen molar-refractivity contribution in [2.75, 3.05) is 41.7 Å². The highest BCUT2D eigenvalue weighted by atomic mass is 32.2. The molecule has 7 nitrogen and oxygen atoms in total. The summed E-state index contributed by atoms with van der Waals surface area (Å²) in [7, 11) is -4.00. The molecule has 1 aliphatic rings. The van der Waals surface area contributed by atoms with E-state index < -0.39 is 10.0 Å². The van der Waals surface area contributed by atoms with Gasteiger partial charge in [-0.05, 0) is 105 Å². The van der Waals surface area contributed by atoms with Gasteiger partial charge in [-0.3, -0.25) is 9.10 Å². The topological polar surface area (TPSA) is 79.0 Å². The van der Waals surface area contributed by atoms with Crippen molar-refractivity contribution in [3.05, 3.63) is 78.4 Å². The predicted octanol–water partition coefficient (Wildman–Crippen LogP) is 6.12. The van der Waals surface area contributed by atoms with Crippen molar-refractivity contribution in [2.45, 2.75) is 49.4 Å². The maximum atomic E-state index is 13.7. The van der Waals surface area contributed by atoms with Crippen LogP contribution in [0.5, 0.6) is 5.75 Å². The van der Waals surface area contributed by atoms with Crippen molar-refractivity contribution in [3.8, 4) is 5.75 Å². The van der Waals surface area contributed by atoms with Crippen LogP contribution < -0.4 is 19.3 Å². The molecule has 4 rings (SSSR count). The molecule has 3 aromatic carbocycles. The Kier molecular flexibility index (Phi) is 10.0. The lowest BCUT2D eigenvalue weighted by atomic mass is 9.98. The van der Waals surface area contributed by atoms with Crippen LogP contribution in [0, 0.1) is 5.92 Å². The summed E-state index contributed by atoms with van der Waals surface area (Å²) in [5, 5.41) is 2.99. The molecule has 0 saturated carbocycles. The van der Waals surface area contributed by atoms with Crippen molar-refractivity contribution < 1.29 is 17.9 Å². The number of anilines is 2. The highest BCUT2D eigenvalue weighted by Crippen LogP contribution is 2.28. The van der Waals surface area contributed by atoms with Crippen molar-refractivity contribution >= 4 is 39.1 Å². The number of benzene rings is 3. The van der Waals surface area contributed by atoms with Gasteiger partial charge in [-0.15, -0.1) is 11.8 Å². The lowest BCUT2D eigenvalue weighted by Crippen LogP contribution is -2.41. The molecule has 0 radical (unpaired) electrons. The van der Waals surface area contributed by atoms with E-state index in [9.17, 15) is 13.2 Å². The molecule has 0 bridgehead atoms. The van der Waals surface area contributed by atoms with Crippen LogP contribution in [0.15, 0.2) is 82.6 Å². The zero-order valence-electron chi connectivity index (χ0n) is 23.7. The van der Waals surface area contributed by atoms with Crippen molar-refractivity contribution in [2.24, 2.45) is 5.92 Å². The van der Waals surface area contributed by atoms with Crippen molar-refractivity contribution in [1.82, 2.24) is 5.32 Å². The van der Waals surface area contributed by atoms with Gasteiger partial charge in [0.1, 0.15) is 12.3 Å². The van der Waals surface area contributed by atoms with Crippen molar-refractivity contribution in [1.29, 1.82) is 0 Å². The van der Waals surface area contributed by atoms with E-state index in [0.717, 1.165) is 33.8 Å². The Bertz CT molecular complexity index is 1350. The lowest BCUT2D eigenvalue weighted by Gasteiger charge is -2.32. The number of hydrogen-bond donors (Lipinski definition) is 1. The number of amides is 1. The first-order valence-electron chi connectivity index (χ1n) is 13.7. The average molecular weight is 582 g/mol. The number of carbonyl (C=O) groups excluding carboxylic acids is 1. The number of hydrogen-bond acceptors (Lipinski definition) is 6. The standard InChI is InChI=1S/C31H39N3O4S2/c1-5-38-28-12-10-27(11-13-28)34(40(36,37)30-16-14-29(39-4)15-17-30)22-31(35)32-24(3)25-6-8-26(9-7-25)33-20-18-23(2)19-21-33/h6-17,23-24H,5,18-22H2,1-4H3,(H,32,35). The van der Waals surface area contributed by atoms with E-state index in [1.807, 2.05) is 32.2 Å². The molecular weight excluding hydrogens is 542 g/mol. The first kappa shape index (κ1) is 29.8. The molecule has 1 amide bonds. The van der Waals surface area contributed by atoms with Crippen LogP contribution in [0.25, 0.3) is 0 Å². The van der Waals surface area contributed by atoms with Gasteiger partial charge in [0.2, 0.25) is 5.91 Å². The van der Waals surface area contributed by atoms with Crippen LogP contribution in [-0.2, 0) is 14.8 Å². The molecule has 1 N–H and O–H groups in total. The Hall–Kier alpha value is -3.17. The molecule has 1 atom stereocenters. The summed E-state index contributed by atoms with van der Waals surface area (Å²) < 4.78 is 34.2. The zero-order chi connectivity index (χ0) is 28.7. The number of piperidine rings is 1. The van der Waals surface area contributed by atoms with E-state index in [-0.39, 0.29) is 23.4 Å². The maximum absolute atomic E-state index is 13.7. The monoisotopic (exact) mass is 581 g/mol. The smallest absolute Gasteiger partial charge is 0.264 e. The van der Waals surface area contributed by atoms with E-state index in [1.54, 1.807) is 48.5 Å². The molecule has 40 heavy (non-hydrogen) atoms. The summed E-state index contributed by atoms with van der Waals surface area (Å²) in [6.45, 7) is 8.36. The van der Waals surface area contributed by atoms with Gasteiger partial charge in [0.25, 0.3) is 10.0 Å². The lowest BCUT2D eigenvalue weighted by molar-refractivity contribution is -0.120. The number of ether oxygens (including phenoxy) is 1. The molecule has 1 heterocycles. The molecule has 3 aromatic rings. The highest BCUT2D eigenvalue weighted by Gasteiger charge is 2.28. The van der Waals surface area contributed by atoms with Gasteiger partial charge in [-0.1, -0.05) is 19.1 Å². The van der Waals surface area contributed by atoms with Gasteiger partial charge in [-0.2, -0.15) is 0 Å². The molecule has 214 valence electrons. The fraction of sp³-hybridized carbons (Fsp3) is 0.387. The van der Waals surface area contributed by atoms with Gasteiger partial charge in [-0.25, -0.2) is 8.42 Å². The molecule has 0 aromatic heterocycles. The minimum Gasteiger partial charge on any atom is -0.494 e. The Labute approximate surface area is 243 Å². The van der Waals surface area contributed by atoms with Gasteiger partial charge in [0.05, 0.1) is 23.2 Å². The molecule has 1 aliphatic heterocycles. The van der Waals surface area contributed by atoms with Gasteiger partial charge >= 0.3 is 0 Å². The third-order valence-corrected chi connectivity index (χ3v) is 9.82. The molecule has 0 aliphatic carbocycles. The Balaban J connectivity index is 1.50. The molecule has 9 heteroatoms. The number of nitrogens with one attached hydrogen (secondary N) is 1. The predicted molar refractivity (Wildman–Crippen MR) is 164 cm³/mol. The number of carbonyl (C=O) groups is 1. The number of nitrogens with zero attached hydrogens (tertiary/aromatic N) is 2. The quantitative estimate of drug-likeness (QED) is 0.275. The molecule has 1 fully saturated rings. The Morgan fingerprint density at radius 1 is 1.02 bits per heavy atom. The Morgan fingerprint density at radius 3 is 2.23 bits per heavy atom. The van der Waals surface area contributed by atoms with Crippen LogP contribution in [0.4, 0.5) is 11.4 Å². The summed E-state index contributed by atoms with van der Waals surface area (Å²) >= 11 is 1.53. The Morgan fingerprint density at radius 2 is 1.65 bits per heavy atom. The normalized spacial score (nSPS) is 14.9. The van der Waals surface area contributed by atoms with E-state index >= 15 is 0 Å². The maximum Gasteiger partial charge on any atom is 0.264 e. The van der Waals surface area contributed by atoms with E-state index in [0.29, 0.717) is 18.0 Å². The fourth-order valence-corrected chi connectivity index (χ4v) is 6.64. The summed E-state index contributed by atoms with van der Waals surface area (Å²) in [5.41, 5.74) is 2.54. The highest BCUT2D eigenvalue weighted by molar-refractivity contribution is 7.98. The summed E-state index contributed by atoms with van der Waals surface area (Å²) in [6, 6.07) is 21.4. The first-order valence-corrected chi connectivity index (χ1v) is 16.4.